The van der Waals surface area contributed by atoms with Crippen molar-refractivity contribution in [3.63, 3.8) is 0 Å². The second-order valence-electron chi connectivity index (χ2n) is 5.57. The summed E-state index contributed by atoms with van der Waals surface area (Å²) in [5.74, 6) is 1.88. The minimum absolute atomic E-state index is 0.118. The van der Waals surface area contributed by atoms with Crippen LogP contribution in [0.2, 0.25) is 0 Å². The summed E-state index contributed by atoms with van der Waals surface area (Å²) >= 11 is 1.39. The lowest BCUT2D eigenvalue weighted by Gasteiger charge is -2.11. The molecule has 0 radical (unpaired) electrons. The van der Waals surface area contributed by atoms with E-state index in [9.17, 15) is 0 Å². The Kier molecular flexibility index (Phi) is 4.84. The maximum absolute atomic E-state index is 5.81. The molecule has 0 aliphatic carbocycles. The molecule has 1 aliphatic heterocycles. The number of rotatable bonds is 6. The van der Waals surface area contributed by atoms with E-state index in [-0.39, 0.29) is 6.10 Å². The Hall–Kier alpha value is -1.73. The van der Waals surface area contributed by atoms with Gasteiger partial charge in [0.05, 0.1) is 13.2 Å². The van der Waals surface area contributed by atoms with Crippen LogP contribution in [0.25, 0.3) is 0 Å². The summed E-state index contributed by atoms with van der Waals surface area (Å²) < 4.78 is 15.5. The number of hydrogen-bond donors (Lipinski definition) is 1. The van der Waals surface area contributed by atoms with E-state index in [0.29, 0.717) is 24.9 Å². The van der Waals surface area contributed by atoms with Crippen LogP contribution in [0.3, 0.4) is 0 Å². The van der Waals surface area contributed by atoms with E-state index >= 15 is 0 Å². The lowest BCUT2D eigenvalue weighted by molar-refractivity contribution is 0.138. The van der Waals surface area contributed by atoms with Gasteiger partial charge >= 0.3 is 0 Å². The van der Waals surface area contributed by atoms with E-state index in [1.54, 1.807) is 6.20 Å². The topological polar surface area (TPSA) is 69.2 Å². The molecule has 2 aromatic rings. The number of hydrogen-bond acceptors (Lipinski definition) is 7. The lowest BCUT2D eigenvalue weighted by Crippen LogP contribution is -2.16. The highest BCUT2D eigenvalue weighted by Gasteiger charge is 2.17. The molecule has 7 heteroatoms. The van der Waals surface area contributed by atoms with Crippen LogP contribution in [-0.4, -0.2) is 33.7 Å². The summed E-state index contributed by atoms with van der Waals surface area (Å²) in [6.45, 7) is 6.26. The first kappa shape index (κ1) is 15.2. The maximum Gasteiger partial charge on any atom is 0.213 e. The van der Waals surface area contributed by atoms with Gasteiger partial charge in [0.15, 0.2) is 0 Å². The van der Waals surface area contributed by atoms with Crippen molar-refractivity contribution in [2.75, 3.05) is 18.5 Å². The normalized spacial score (nSPS) is 17.9. The van der Waals surface area contributed by atoms with Gasteiger partial charge in [0, 0.05) is 42.7 Å². The molecular formula is C15H20N4O2S. The Morgan fingerprint density at radius 1 is 1.50 bits per heavy atom. The van der Waals surface area contributed by atoms with Crippen LogP contribution in [0.4, 0.5) is 5.13 Å². The van der Waals surface area contributed by atoms with Gasteiger partial charge in [-0.25, -0.2) is 9.97 Å². The van der Waals surface area contributed by atoms with Crippen LogP contribution in [0.5, 0.6) is 5.88 Å². The molecule has 0 saturated carbocycles. The molecule has 0 spiro atoms. The van der Waals surface area contributed by atoms with Crippen molar-refractivity contribution in [2.24, 2.45) is 0 Å². The first-order valence-corrected chi connectivity index (χ1v) is 8.25. The fourth-order valence-electron chi connectivity index (χ4n) is 2.12. The summed E-state index contributed by atoms with van der Waals surface area (Å²) in [4.78, 5) is 8.72. The van der Waals surface area contributed by atoms with E-state index in [4.69, 9.17) is 9.47 Å². The van der Waals surface area contributed by atoms with Gasteiger partial charge in [-0.2, -0.15) is 4.37 Å². The molecule has 1 aliphatic rings. The van der Waals surface area contributed by atoms with Gasteiger partial charge in [0.1, 0.15) is 11.9 Å². The lowest BCUT2D eigenvalue weighted by atomic mass is 10.2. The SMILES string of the molecule is CC(C)c1nsc(NCc2ccnc(OC3CCOC3)c2)n1. The molecule has 0 aromatic carbocycles. The zero-order valence-corrected chi connectivity index (χ0v) is 13.6. The molecule has 0 bridgehead atoms. The summed E-state index contributed by atoms with van der Waals surface area (Å²) in [6.07, 6.45) is 2.81. The van der Waals surface area contributed by atoms with Gasteiger partial charge in [-0.05, 0) is 11.6 Å². The van der Waals surface area contributed by atoms with Crippen LogP contribution in [0.15, 0.2) is 18.3 Å². The summed E-state index contributed by atoms with van der Waals surface area (Å²) in [6, 6.07) is 3.92. The Balaban J connectivity index is 1.57. The largest absolute Gasteiger partial charge is 0.472 e. The van der Waals surface area contributed by atoms with Gasteiger partial charge in [-0.1, -0.05) is 13.8 Å². The standard InChI is InChI=1S/C15H20N4O2S/c1-10(2)14-18-15(22-19-14)17-8-11-3-5-16-13(7-11)21-12-4-6-20-9-12/h3,5,7,10,12H,4,6,8-9H2,1-2H3,(H,17,18,19). The minimum atomic E-state index is 0.118. The van der Waals surface area contributed by atoms with Crippen molar-refractivity contribution in [1.29, 1.82) is 0 Å². The molecule has 1 N–H and O–H groups in total. The maximum atomic E-state index is 5.81. The van der Waals surface area contributed by atoms with Crippen LogP contribution < -0.4 is 10.1 Å². The number of pyridine rings is 1. The third kappa shape index (κ3) is 3.92. The highest BCUT2D eigenvalue weighted by Crippen LogP contribution is 2.19. The second kappa shape index (κ2) is 7.02. The first-order valence-electron chi connectivity index (χ1n) is 7.47. The monoisotopic (exact) mass is 320 g/mol. The van der Waals surface area contributed by atoms with Crippen LogP contribution in [0.1, 0.15) is 37.6 Å². The number of nitrogens with one attached hydrogen (secondary N) is 1. The van der Waals surface area contributed by atoms with Gasteiger partial charge in [-0.15, -0.1) is 0 Å². The fraction of sp³-hybridized carbons (Fsp3) is 0.533. The minimum Gasteiger partial charge on any atom is -0.472 e. The molecule has 3 rings (SSSR count). The average molecular weight is 320 g/mol. The highest BCUT2D eigenvalue weighted by atomic mass is 32.1. The van der Waals surface area contributed by atoms with Crippen molar-refractivity contribution < 1.29 is 9.47 Å². The van der Waals surface area contributed by atoms with E-state index in [2.05, 4.69) is 33.5 Å². The predicted octanol–water partition coefficient (Wildman–Crippen LogP) is 2.84. The van der Waals surface area contributed by atoms with Crippen molar-refractivity contribution in [2.45, 2.75) is 38.8 Å². The summed E-state index contributed by atoms with van der Waals surface area (Å²) in [7, 11) is 0. The molecule has 1 atom stereocenters. The Morgan fingerprint density at radius 2 is 2.41 bits per heavy atom. The van der Waals surface area contributed by atoms with E-state index in [0.717, 1.165) is 29.5 Å². The smallest absolute Gasteiger partial charge is 0.213 e. The van der Waals surface area contributed by atoms with E-state index in [1.807, 2.05) is 12.1 Å². The number of nitrogens with zero attached hydrogens (tertiary/aromatic N) is 3. The molecule has 1 fully saturated rings. The second-order valence-corrected chi connectivity index (χ2v) is 6.32. The Morgan fingerprint density at radius 3 is 3.14 bits per heavy atom. The molecule has 22 heavy (non-hydrogen) atoms. The van der Waals surface area contributed by atoms with Gasteiger partial charge < -0.3 is 14.8 Å². The van der Waals surface area contributed by atoms with Crippen molar-refractivity contribution in [3.05, 3.63) is 29.7 Å². The number of anilines is 1. The molecule has 118 valence electrons. The van der Waals surface area contributed by atoms with Crippen molar-refractivity contribution in [3.8, 4) is 5.88 Å². The van der Waals surface area contributed by atoms with Gasteiger partial charge in [0.2, 0.25) is 11.0 Å². The molecule has 3 heterocycles. The molecule has 2 aromatic heterocycles. The molecule has 1 saturated heterocycles. The van der Waals surface area contributed by atoms with E-state index in [1.165, 1.54) is 11.5 Å². The summed E-state index contributed by atoms with van der Waals surface area (Å²) in [5, 5.41) is 4.13. The average Bonchev–Trinajstić information content (AvgIpc) is 3.17. The van der Waals surface area contributed by atoms with Crippen molar-refractivity contribution in [1.82, 2.24) is 14.3 Å². The van der Waals surface area contributed by atoms with Gasteiger partial charge in [0.25, 0.3) is 0 Å². The predicted molar refractivity (Wildman–Crippen MR) is 85.4 cm³/mol. The fourth-order valence-corrected chi connectivity index (χ4v) is 2.82. The third-order valence-corrected chi connectivity index (χ3v) is 4.06. The molecule has 1 unspecified atom stereocenters. The Labute approximate surface area is 134 Å². The molecule has 6 nitrogen and oxygen atoms in total. The quantitative estimate of drug-likeness (QED) is 0.882. The van der Waals surface area contributed by atoms with Crippen LogP contribution in [0, 0.1) is 0 Å². The van der Waals surface area contributed by atoms with Crippen LogP contribution >= 0.6 is 11.5 Å². The zero-order chi connectivity index (χ0) is 15.4. The number of ether oxygens (including phenoxy) is 2. The Bertz CT molecular complexity index is 611. The van der Waals surface area contributed by atoms with Gasteiger partial charge in [-0.3, -0.25) is 0 Å². The highest BCUT2D eigenvalue weighted by molar-refractivity contribution is 7.09. The number of aromatic nitrogens is 3. The summed E-state index contributed by atoms with van der Waals surface area (Å²) in [5.41, 5.74) is 1.10. The first-order chi connectivity index (χ1) is 10.7. The van der Waals surface area contributed by atoms with Crippen LogP contribution in [-0.2, 0) is 11.3 Å². The molecular weight excluding hydrogens is 300 g/mol. The van der Waals surface area contributed by atoms with Crippen molar-refractivity contribution >= 4 is 16.7 Å². The molecule has 0 amide bonds. The third-order valence-electron chi connectivity index (χ3n) is 3.38. The zero-order valence-electron chi connectivity index (χ0n) is 12.8. The van der Waals surface area contributed by atoms with E-state index < -0.39 is 0 Å².